The molecule has 2 aromatic rings. The molecule has 0 bridgehead atoms. The third kappa shape index (κ3) is 3.24. The molecule has 0 aliphatic heterocycles. The highest BCUT2D eigenvalue weighted by atomic mass is 79.9. The largest absolute Gasteiger partial charge is 0.360 e. The lowest BCUT2D eigenvalue weighted by Gasteiger charge is -2.02. The van der Waals surface area contributed by atoms with E-state index in [9.17, 15) is 4.39 Å². The van der Waals surface area contributed by atoms with E-state index in [1.165, 1.54) is 23.5 Å². The van der Waals surface area contributed by atoms with Crippen molar-refractivity contribution in [3.8, 4) is 0 Å². The first kappa shape index (κ1) is 11.5. The lowest BCUT2D eigenvalue weighted by atomic mass is 10.1. The number of halogens is 2. The van der Waals surface area contributed by atoms with Crippen LogP contribution in [0.15, 0.2) is 28.2 Å². The molecule has 0 saturated carbocycles. The molecule has 1 aromatic heterocycles. The van der Waals surface area contributed by atoms with Gasteiger partial charge in [-0.15, -0.1) is 10.2 Å². The summed E-state index contributed by atoms with van der Waals surface area (Å²) in [6, 6.07) is 6.51. The molecule has 1 aromatic carbocycles. The third-order valence-electron chi connectivity index (χ3n) is 2.00. The van der Waals surface area contributed by atoms with Gasteiger partial charge in [-0.1, -0.05) is 23.5 Å². The Balaban J connectivity index is 1.82. The smallest absolute Gasteiger partial charge is 0.206 e. The average molecular weight is 302 g/mol. The number of nitrogens with one attached hydrogen (secondary N) is 1. The van der Waals surface area contributed by atoms with Crippen LogP contribution in [0, 0.1) is 5.82 Å². The van der Waals surface area contributed by atoms with Gasteiger partial charge in [0.1, 0.15) is 5.82 Å². The zero-order valence-corrected chi connectivity index (χ0v) is 10.7. The fourth-order valence-electron chi connectivity index (χ4n) is 1.24. The normalized spacial score (nSPS) is 10.4. The zero-order chi connectivity index (χ0) is 11.4. The standard InChI is InChI=1S/C10H9BrFN3S/c11-9-14-15-10(16-9)13-6-5-7-1-3-8(12)4-2-7/h1-4H,5-6H2,(H,13,15). The lowest BCUT2D eigenvalue weighted by Crippen LogP contribution is -2.04. The Morgan fingerprint density at radius 2 is 2.00 bits per heavy atom. The van der Waals surface area contributed by atoms with Crippen LogP contribution in [0.25, 0.3) is 0 Å². The maximum absolute atomic E-state index is 12.6. The molecule has 0 aliphatic carbocycles. The van der Waals surface area contributed by atoms with E-state index >= 15 is 0 Å². The Morgan fingerprint density at radius 1 is 1.25 bits per heavy atom. The molecular formula is C10H9BrFN3S. The van der Waals surface area contributed by atoms with E-state index in [1.807, 2.05) is 0 Å². The van der Waals surface area contributed by atoms with Gasteiger partial charge in [0.25, 0.3) is 0 Å². The minimum absolute atomic E-state index is 0.204. The summed E-state index contributed by atoms with van der Waals surface area (Å²) in [4.78, 5) is 0. The van der Waals surface area contributed by atoms with Gasteiger partial charge in [-0.25, -0.2) is 4.39 Å². The SMILES string of the molecule is Fc1ccc(CCNc2nnc(Br)s2)cc1. The maximum Gasteiger partial charge on any atom is 0.206 e. The van der Waals surface area contributed by atoms with Gasteiger partial charge in [0, 0.05) is 6.54 Å². The van der Waals surface area contributed by atoms with Crippen LogP contribution in [0.5, 0.6) is 0 Å². The summed E-state index contributed by atoms with van der Waals surface area (Å²) in [5.74, 6) is -0.204. The third-order valence-corrected chi connectivity index (χ3v) is 3.32. The van der Waals surface area contributed by atoms with Crippen molar-refractivity contribution in [1.29, 1.82) is 0 Å². The molecule has 2 rings (SSSR count). The molecule has 0 spiro atoms. The molecule has 0 aliphatic rings. The van der Waals surface area contributed by atoms with E-state index in [4.69, 9.17) is 0 Å². The van der Waals surface area contributed by atoms with Crippen LogP contribution in [0.2, 0.25) is 0 Å². The second-order valence-corrected chi connectivity index (χ2v) is 5.42. The first-order valence-electron chi connectivity index (χ1n) is 4.71. The second kappa shape index (κ2) is 5.36. The Hall–Kier alpha value is -1.01. The summed E-state index contributed by atoms with van der Waals surface area (Å²) in [6.45, 7) is 0.757. The quantitative estimate of drug-likeness (QED) is 0.943. The van der Waals surface area contributed by atoms with Gasteiger partial charge in [0.15, 0.2) is 3.92 Å². The molecule has 6 heteroatoms. The summed E-state index contributed by atoms with van der Waals surface area (Å²) in [7, 11) is 0. The van der Waals surface area contributed by atoms with Crippen LogP contribution in [-0.4, -0.2) is 16.7 Å². The molecule has 16 heavy (non-hydrogen) atoms. The minimum Gasteiger partial charge on any atom is -0.360 e. The van der Waals surface area contributed by atoms with Crippen molar-refractivity contribution in [3.63, 3.8) is 0 Å². The highest BCUT2D eigenvalue weighted by Gasteiger charge is 2.00. The van der Waals surface area contributed by atoms with Crippen molar-refractivity contribution >= 4 is 32.4 Å². The van der Waals surface area contributed by atoms with Crippen LogP contribution in [0.4, 0.5) is 9.52 Å². The summed E-state index contributed by atoms with van der Waals surface area (Å²) in [5.41, 5.74) is 1.09. The molecule has 3 nitrogen and oxygen atoms in total. The van der Waals surface area contributed by atoms with E-state index < -0.39 is 0 Å². The number of rotatable bonds is 4. The Bertz CT molecular complexity index is 457. The van der Waals surface area contributed by atoms with Gasteiger partial charge in [-0.2, -0.15) is 0 Å². The fraction of sp³-hybridized carbons (Fsp3) is 0.200. The number of hydrogen-bond donors (Lipinski definition) is 1. The monoisotopic (exact) mass is 301 g/mol. The molecule has 0 atom stereocenters. The lowest BCUT2D eigenvalue weighted by molar-refractivity contribution is 0.627. The van der Waals surface area contributed by atoms with Crippen LogP contribution in [0.1, 0.15) is 5.56 Å². The van der Waals surface area contributed by atoms with Crippen molar-refractivity contribution in [2.45, 2.75) is 6.42 Å². The highest BCUT2D eigenvalue weighted by Crippen LogP contribution is 2.19. The number of aromatic nitrogens is 2. The summed E-state index contributed by atoms with van der Waals surface area (Å²) >= 11 is 4.69. The Labute approximate surface area is 105 Å². The van der Waals surface area contributed by atoms with Crippen molar-refractivity contribution in [1.82, 2.24) is 10.2 Å². The fourth-order valence-corrected chi connectivity index (χ4v) is 2.28. The summed E-state index contributed by atoms with van der Waals surface area (Å²) in [5, 5.41) is 11.7. The molecule has 0 unspecified atom stereocenters. The van der Waals surface area contributed by atoms with Gasteiger partial charge < -0.3 is 5.32 Å². The van der Waals surface area contributed by atoms with Crippen molar-refractivity contribution in [2.75, 3.05) is 11.9 Å². The van der Waals surface area contributed by atoms with Crippen molar-refractivity contribution in [3.05, 3.63) is 39.6 Å². The molecule has 0 amide bonds. The van der Waals surface area contributed by atoms with Crippen molar-refractivity contribution < 1.29 is 4.39 Å². The van der Waals surface area contributed by atoms with E-state index in [1.54, 1.807) is 12.1 Å². The molecule has 0 fully saturated rings. The van der Waals surface area contributed by atoms with Crippen LogP contribution in [0.3, 0.4) is 0 Å². The second-order valence-electron chi connectivity index (χ2n) is 3.16. The van der Waals surface area contributed by atoms with Crippen LogP contribution in [-0.2, 0) is 6.42 Å². The maximum atomic E-state index is 12.6. The van der Waals surface area contributed by atoms with Crippen LogP contribution >= 0.6 is 27.3 Å². The summed E-state index contributed by atoms with van der Waals surface area (Å²) < 4.78 is 13.4. The molecule has 1 N–H and O–H groups in total. The number of hydrogen-bond acceptors (Lipinski definition) is 4. The van der Waals surface area contributed by atoms with Gasteiger partial charge in [0.2, 0.25) is 5.13 Å². The first-order chi connectivity index (χ1) is 7.74. The van der Waals surface area contributed by atoms with E-state index in [-0.39, 0.29) is 5.82 Å². The molecular weight excluding hydrogens is 293 g/mol. The predicted molar refractivity (Wildman–Crippen MR) is 66.2 cm³/mol. The zero-order valence-electron chi connectivity index (χ0n) is 8.28. The number of nitrogens with zero attached hydrogens (tertiary/aromatic N) is 2. The average Bonchev–Trinajstić information content (AvgIpc) is 2.67. The van der Waals surface area contributed by atoms with Gasteiger partial charge >= 0.3 is 0 Å². The van der Waals surface area contributed by atoms with Crippen LogP contribution < -0.4 is 5.32 Å². The molecule has 0 saturated heterocycles. The highest BCUT2D eigenvalue weighted by molar-refractivity contribution is 9.11. The van der Waals surface area contributed by atoms with Gasteiger partial charge in [-0.05, 0) is 40.0 Å². The molecule has 0 radical (unpaired) electrons. The number of benzene rings is 1. The van der Waals surface area contributed by atoms with Gasteiger partial charge in [-0.3, -0.25) is 0 Å². The topological polar surface area (TPSA) is 37.8 Å². The predicted octanol–water partition coefficient (Wildman–Crippen LogP) is 3.09. The minimum atomic E-state index is -0.204. The van der Waals surface area contributed by atoms with E-state index in [0.29, 0.717) is 0 Å². The number of anilines is 1. The molecule has 1 heterocycles. The first-order valence-corrected chi connectivity index (χ1v) is 6.32. The van der Waals surface area contributed by atoms with E-state index in [0.717, 1.165) is 27.6 Å². The Morgan fingerprint density at radius 3 is 2.62 bits per heavy atom. The van der Waals surface area contributed by atoms with E-state index in [2.05, 4.69) is 31.4 Å². The summed E-state index contributed by atoms with van der Waals surface area (Å²) in [6.07, 6.45) is 0.831. The Kier molecular flexibility index (Phi) is 3.84. The van der Waals surface area contributed by atoms with Crippen molar-refractivity contribution in [2.24, 2.45) is 0 Å². The van der Waals surface area contributed by atoms with Gasteiger partial charge in [0.05, 0.1) is 0 Å². The molecule has 84 valence electrons.